The van der Waals surface area contributed by atoms with Crippen molar-refractivity contribution in [3.05, 3.63) is 66.5 Å². The minimum atomic E-state index is -0.550. The number of carbonyl (C=O) groups excluding carboxylic acids is 1. The van der Waals surface area contributed by atoms with E-state index in [9.17, 15) is 14.3 Å². The van der Waals surface area contributed by atoms with E-state index in [4.69, 9.17) is 0 Å². The second-order valence-electron chi connectivity index (χ2n) is 8.50. The number of anilines is 2. The predicted molar refractivity (Wildman–Crippen MR) is 128 cm³/mol. The van der Waals surface area contributed by atoms with Crippen molar-refractivity contribution >= 4 is 17.3 Å². The number of phenolic OH excluding ortho intramolecular Hbond substituents is 1. The third-order valence-electron chi connectivity index (χ3n) is 5.71. The van der Waals surface area contributed by atoms with Crippen LogP contribution in [0.25, 0.3) is 22.3 Å². The Labute approximate surface area is 187 Å². The van der Waals surface area contributed by atoms with E-state index in [1.807, 2.05) is 24.3 Å². The van der Waals surface area contributed by atoms with Gasteiger partial charge in [-0.3, -0.25) is 4.79 Å². The number of hydrogen-bond donors (Lipinski definition) is 3. The molecular formula is C26H28FN3O2. The van der Waals surface area contributed by atoms with Gasteiger partial charge in [-0.25, -0.2) is 4.39 Å². The molecule has 0 aromatic heterocycles. The summed E-state index contributed by atoms with van der Waals surface area (Å²) in [5, 5.41) is 17.1. The SMILES string of the molecule is CC(=O)Nc1ccc(-c2cccc(-c3cccc(N4CC(C)NC(C)C4)c3)c2O)cc1F. The molecule has 2 atom stereocenters. The normalized spacial score (nSPS) is 18.4. The summed E-state index contributed by atoms with van der Waals surface area (Å²) in [5.41, 5.74) is 3.88. The number of aromatic hydroxyl groups is 1. The van der Waals surface area contributed by atoms with Gasteiger partial charge in [0.2, 0.25) is 5.91 Å². The fourth-order valence-electron chi connectivity index (χ4n) is 4.39. The van der Waals surface area contributed by atoms with Crippen molar-refractivity contribution in [3.63, 3.8) is 0 Å². The first kappa shape index (κ1) is 21.8. The van der Waals surface area contributed by atoms with Crippen molar-refractivity contribution < 1.29 is 14.3 Å². The molecule has 4 rings (SSSR count). The Bertz CT molecular complexity index is 1140. The van der Waals surface area contributed by atoms with Crippen LogP contribution < -0.4 is 15.5 Å². The van der Waals surface area contributed by atoms with Gasteiger partial charge in [-0.2, -0.15) is 0 Å². The minimum absolute atomic E-state index is 0.0957. The molecule has 1 aliphatic heterocycles. The van der Waals surface area contributed by atoms with Gasteiger partial charge in [-0.15, -0.1) is 0 Å². The van der Waals surface area contributed by atoms with E-state index in [0.29, 0.717) is 28.8 Å². The van der Waals surface area contributed by atoms with Gasteiger partial charge in [0.15, 0.2) is 0 Å². The monoisotopic (exact) mass is 433 g/mol. The number of hydrogen-bond acceptors (Lipinski definition) is 4. The standard InChI is InChI=1S/C26H28FN3O2/c1-16-14-30(15-17(2)28-16)21-7-4-6-19(12-21)22-8-5-9-23(26(22)32)20-10-11-25(24(27)13-20)29-18(3)31/h4-13,16-17,28,32H,14-15H2,1-3H3,(H,29,31). The summed E-state index contributed by atoms with van der Waals surface area (Å²) in [6.07, 6.45) is 0. The summed E-state index contributed by atoms with van der Waals surface area (Å²) in [4.78, 5) is 13.6. The first-order chi connectivity index (χ1) is 15.3. The Morgan fingerprint density at radius 1 is 1.00 bits per heavy atom. The summed E-state index contributed by atoms with van der Waals surface area (Å²) in [6.45, 7) is 7.52. The third-order valence-corrected chi connectivity index (χ3v) is 5.71. The number of phenols is 1. The van der Waals surface area contributed by atoms with E-state index in [0.717, 1.165) is 24.3 Å². The lowest BCUT2D eigenvalue weighted by Crippen LogP contribution is -2.54. The lowest BCUT2D eigenvalue weighted by Gasteiger charge is -2.37. The zero-order valence-electron chi connectivity index (χ0n) is 18.5. The van der Waals surface area contributed by atoms with E-state index in [1.165, 1.54) is 19.1 Å². The zero-order chi connectivity index (χ0) is 22.8. The van der Waals surface area contributed by atoms with Crippen LogP contribution in [0, 0.1) is 5.82 Å². The van der Waals surface area contributed by atoms with Crippen molar-refractivity contribution in [3.8, 4) is 28.0 Å². The number of nitrogens with one attached hydrogen (secondary N) is 2. The zero-order valence-corrected chi connectivity index (χ0v) is 18.5. The average Bonchev–Trinajstić information content (AvgIpc) is 2.74. The van der Waals surface area contributed by atoms with E-state index in [-0.39, 0.29) is 17.3 Å². The molecule has 3 N–H and O–H groups in total. The molecule has 1 fully saturated rings. The molecule has 0 bridgehead atoms. The fraction of sp³-hybridized carbons (Fsp3) is 0.269. The van der Waals surface area contributed by atoms with E-state index >= 15 is 0 Å². The Morgan fingerprint density at radius 2 is 1.62 bits per heavy atom. The number of nitrogens with zero attached hydrogens (tertiary/aromatic N) is 1. The van der Waals surface area contributed by atoms with Crippen LogP contribution in [0.3, 0.4) is 0 Å². The Hall–Kier alpha value is -3.38. The van der Waals surface area contributed by atoms with E-state index in [1.54, 1.807) is 12.1 Å². The van der Waals surface area contributed by atoms with Crippen molar-refractivity contribution in [2.45, 2.75) is 32.9 Å². The molecule has 1 aliphatic rings. The molecule has 1 heterocycles. The molecule has 2 unspecified atom stereocenters. The van der Waals surface area contributed by atoms with Gasteiger partial charge in [0.1, 0.15) is 11.6 Å². The summed E-state index contributed by atoms with van der Waals surface area (Å²) in [5.74, 6) is -0.792. The predicted octanol–water partition coefficient (Wildman–Crippen LogP) is 5.01. The molecule has 3 aromatic rings. The largest absolute Gasteiger partial charge is 0.507 e. The van der Waals surface area contributed by atoms with Crippen LogP contribution in [-0.2, 0) is 4.79 Å². The van der Waals surface area contributed by atoms with E-state index in [2.05, 4.69) is 41.5 Å². The summed E-state index contributed by atoms with van der Waals surface area (Å²) < 4.78 is 14.5. The smallest absolute Gasteiger partial charge is 0.221 e. The van der Waals surface area contributed by atoms with Crippen LogP contribution in [0.1, 0.15) is 20.8 Å². The molecule has 32 heavy (non-hydrogen) atoms. The lowest BCUT2D eigenvalue weighted by molar-refractivity contribution is -0.114. The highest BCUT2D eigenvalue weighted by molar-refractivity contribution is 5.89. The maximum atomic E-state index is 14.5. The molecule has 0 saturated carbocycles. The summed E-state index contributed by atoms with van der Waals surface area (Å²) in [6, 6.07) is 18.9. The summed E-state index contributed by atoms with van der Waals surface area (Å²) >= 11 is 0. The Morgan fingerprint density at radius 3 is 2.25 bits per heavy atom. The Kier molecular flexibility index (Phi) is 6.15. The topological polar surface area (TPSA) is 64.6 Å². The van der Waals surface area contributed by atoms with Crippen LogP contribution in [0.2, 0.25) is 0 Å². The van der Waals surface area contributed by atoms with Gasteiger partial charge in [0.05, 0.1) is 5.69 Å². The minimum Gasteiger partial charge on any atom is -0.507 e. The highest BCUT2D eigenvalue weighted by Gasteiger charge is 2.21. The average molecular weight is 434 g/mol. The maximum absolute atomic E-state index is 14.5. The molecule has 6 heteroatoms. The van der Waals surface area contributed by atoms with Gasteiger partial charge < -0.3 is 20.6 Å². The van der Waals surface area contributed by atoms with Crippen molar-refractivity contribution in [1.82, 2.24) is 5.32 Å². The highest BCUT2D eigenvalue weighted by Crippen LogP contribution is 2.39. The molecule has 166 valence electrons. The second-order valence-corrected chi connectivity index (χ2v) is 8.50. The van der Waals surface area contributed by atoms with Crippen LogP contribution in [0.15, 0.2) is 60.7 Å². The quantitative estimate of drug-likeness (QED) is 0.541. The van der Waals surface area contributed by atoms with Gasteiger partial charge in [0.25, 0.3) is 0 Å². The van der Waals surface area contributed by atoms with Crippen LogP contribution in [-0.4, -0.2) is 36.2 Å². The number of piperazine rings is 1. The molecule has 1 amide bonds. The molecule has 1 saturated heterocycles. The van der Waals surface area contributed by atoms with Crippen LogP contribution in [0.4, 0.5) is 15.8 Å². The number of halogens is 1. The van der Waals surface area contributed by atoms with Gasteiger partial charge in [-0.1, -0.05) is 36.4 Å². The molecule has 0 aliphatic carbocycles. The number of carbonyl (C=O) groups is 1. The van der Waals surface area contributed by atoms with Crippen LogP contribution >= 0.6 is 0 Å². The molecule has 5 nitrogen and oxygen atoms in total. The maximum Gasteiger partial charge on any atom is 0.221 e. The number of para-hydroxylation sites is 1. The lowest BCUT2D eigenvalue weighted by atomic mass is 9.96. The summed E-state index contributed by atoms with van der Waals surface area (Å²) in [7, 11) is 0. The second kappa shape index (κ2) is 9.01. The number of amides is 1. The van der Waals surface area contributed by atoms with Crippen molar-refractivity contribution in [2.75, 3.05) is 23.3 Å². The third kappa shape index (κ3) is 4.60. The molecule has 0 radical (unpaired) electrons. The van der Waals surface area contributed by atoms with Crippen molar-refractivity contribution in [2.24, 2.45) is 0 Å². The first-order valence-electron chi connectivity index (χ1n) is 10.8. The van der Waals surface area contributed by atoms with Gasteiger partial charge in [-0.05, 0) is 49.2 Å². The van der Waals surface area contributed by atoms with Crippen molar-refractivity contribution in [1.29, 1.82) is 0 Å². The molecular weight excluding hydrogens is 405 g/mol. The fourth-order valence-corrected chi connectivity index (χ4v) is 4.39. The number of rotatable bonds is 4. The highest BCUT2D eigenvalue weighted by atomic mass is 19.1. The molecule has 3 aromatic carbocycles. The van der Waals surface area contributed by atoms with Crippen LogP contribution in [0.5, 0.6) is 5.75 Å². The molecule has 0 spiro atoms. The van der Waals surface area contributed by atoms with Gasteiger partial charge in [0, 0.05) is 48.9 Å². The van der Waals surface area contributed by atoms with Gasteiger partial charge >= 0.3 is 0 Å². The number of benzene rings is 3. The first-order valence-corrected chi connectivity index (χ1v) is 10.8. The Balaban J connectivity index is 1.68. The van der Waals surface area contributed by atoms with E-state index < -0.39 is 5.82 Å².